The van der Waals surface area contributed by atoms with Crippen molar-refractivity contribution in [2.45, 2.75) is 32.6 Å². The summed E-state index contributed by atoms with van der Waals surface area (Å²) in [4.78, 5) is 0. The number of furan rings is 2. The van der Waals surface area contributed by atoms with Gasteiger partial charge in [-0.05, 0) is 63.9 Å². The zero-order chi connectivity index (χ0) is 13.7. The molecule has 0 aliphatic carbocycles. The molecule has 3 heteroatoms. The summed E-state index contributed by atoms with van der Waals surface area (Å²) >= 11 is 0. The molecular formula is C17H19NO2. The van der Waals surface area contributed by atoms with Crippen molar-refractivity contribution in [3.05, 3.63) is 35.3 Å². The molecule has 1 aliphatic rings. The van der Waals surface area contributed by atoms with Crippen LogP contribution in [0.3, 0.4) is 0 Å². The Kier molecular flexibility index (Phi) is 2.64. The van der Waals surface area contributed by atoms with Crippen molar-refractivity contribution in [2.24, 2.45) is 0 Å². The first-order valence-electron chi connectivity index (χ1n) is 7.36. The van der Waals surface area contributed by atoms with Gasteiger partial charge in [0.05, 0.1) is 0 Å². The Balaban J connectivity index is 2.04. The third-order valence-corrected chi connectivity index (χ3v) is 4.34. The van der Waals surface area contributed by atoms with E-state index in [0.29, 0.717) is 5.92 Å². The van der Waals surface area contributed by atoms with E-state index in [4.69, 9.17) is 8.83 Å². The normalized spacial score (nSPS) is 17.3. The number of piperidine rings is 1. The second-order valence-electron chi connectivity index (χ2n) is 5.86. The van der Waals surface area contributed by atoms with E-state index < -0.39 is 0 Å². The third kappa shape index (κ3) is 1.77. The van der Waals surface area contributed by atoms with Crippen molar-refractivity contribution >= 4 is 21.9 Å². The van der Waals surface area contributed by atoms with E-state index in [-0.39, 0.29) is 0 Å². The van der Waals surface area contributed by atoms with Crippen LogP contribution < -0.4 is 5.32 Å². The summed E-state index contributed by atoms with van der Waals surface area (Å²) in [6.45, 7) is 6.19. The minimum Gasteiger partial charge on any atom is -0.461 e. The van der Waals surface area contributed by atoms with Crippen molar-refractivity contribution in [3.8, 4) is 0 Å². The predicted octanol–water partition coefficient (Wildman–Crippen LogP) is 4.26. The van der Waals surface area contributed by atoms with Gasteiger partial charge in [-0.3, -0.25) is 0 Å². The summed E-state index contributed by atoms with van der Waals surface area (Å²) in [5, 5.41) is 5.83. The molecule has 20 heavy (non-hydrogen) atoms. The third-order valence-electron chi connectivity index (χ3n) is 4.34. The molecule has 3 heterocycles. The SMILES string of the molecule is Cc1cc2c(C3CCNCC3)c3oc(C)cc3cc2o1. The first kappa shape index (κ1) is 12.0. The quantitative estimate of drug-likeness (QED) is 0.717. The van der Waals surface area contributed by atoms with E-state index in [1.807, 2.05) is 13.8 Å². The Labute approximate surface area is 117 Å². The zero-order valence-electron chi connectivity index (χ0n) is 12.0. The number of fused-ring (bicyclic) bond motifs is 2. The first-order chi connectivity index (χ1) is 9.72. The second-order valence-corrected chi connectivity index (χ2v) is 5.86. The highest BCUT2D eigenvalue weighted by atomic mass is 16.3. The summed E-state index contributed by atoms with van der Waals surface area (Å²) in [5.41, 5.74) is 3.40. The van der Waals surface area contributed by atoms with Gasteiger partial charge in [0.2, 0.25) is 0 Å². The standard InChI is InChI=1S/C17H19NO2/c1-10-7-13-9-15-14(8-11(2)19-15)16(17(13)20-10)12-3-5-18-6-4-12/h7-9,12,18H,3-6H2,1-2H3. The topological polar surface area (TPSA) is 38.3 Å². The zero-order valence-corrected chi connectivity index (χ0v) is 12.0. The molecule has 0 amide bonds. The van der Waals surface area contributed by atoms with Gasteiger partial charge >= 0.3 is 0 Å². The van der Waals surface area contributed by atoms with E-state index >= 15 is 0 Å². The Morgan fingerprint density at radius 1 is 1.00 bits per heavy atom. The van der Waals surface area contributed by atoms with E-state index in [2.05, 4.69) is 23.5 Å². The summed E-state index contributed by atoms with van der Waals surface area (Å²) in [7, 11) is 0. The monoisotopic (exact) mass is 269 g/mol. The van der Waals surface area contributed by atoms with Crippen molar-refractivity contribution in [1.82, 2.24) is 5.32 Å². The molecule has 2 aromatic heterocycles. The summed E-state index contributed by atoms with van der Waals surface area (Å²) < 4.78 is 11.9. The van der Waals surface area contributed by atoms with Crippen LogP contribution >= 0.6 is 0 Å². The Hall–Kier alpha value is -1.74. The number of rotatable bonds is 1. The molecule has 1 aromatic carbocycles. The highest BCUT2D eigenvalue weighted by Gasteiger charge is 2.23. The van der Waals surface area contributed by atoms with Crippen molar-refractivity contribution in [3.63, 3.8) is 0 Å². The van der Waals surface area contributed by atoms with Gasteiger partial charge in [-0.15, -0.1) is 0 Å². The summed E-state index contributed by atoms with van der Waals surface area (Å²) in [5.74, 6) is 2.50. The van der Waals surface area contributed by atoms with Crippen LogP contribution in [-0.4, -0.2) is 13.1 Å². The molecule has 0 unspecified atom stereocenters. The maximum Gasteiger partial charge on any atom is 0.138 e. The second kappa shape index (κ2) is 4.38. The minimum atomic E-state index is 0.560. The lowest BCUT2D eigenvalue weighted by Crippen LogP contribution is -2.26. The fraction of sp³-hybridized carbons (Fsp3) is 0.412. The Bertz CT molecular complexity index is 720. The molecule has 0 bridgehead atoms. The van der Waals surface area contributed by atoms with Gasteiger partial charge < -0.3 is 14.2 Å². The van der Waals surface area contributed by atoms with Crippen LogP contribution in [0.5, 0.6) is 0 Å². The van der Waals surface area contributed by atoms with Gasteiger partial charge in [0.15, 0.2) is 0 Å². The number of aryl methyl sites for hydroxylation is 2. The molecular weight excluding hydrogens is 250 g/mol. The minimum absolute atomic E-state index is 0.560. The Morgan fingerprint density at radius 2 is 1.75 bits per heavy atom. The molecule has 104 valence electrons. The maximum atomic E-state index is 6.01. The van der Waals surface area contributed by atoms with E-state index in [0.717, 1.165) is 54.0 Å². The predicted molar refractivity (Wildman–Crippen MR) is 80.3 cm³/mol. The average Bonchev–Trinajstić information content (AvgIpc) is 2.97. The van der Waals surface area contributed by atoms with Gasteiger partial charge in [0.1, 0.15) is 22.7 Å². The fourth-order valence-electron chi connectivity index (χ4n) is 3.48. The van der Waals surface area contributed by atoms with Crippen LogP contribution in [0.4, 0.5) is 0 Å². The van der Waals surface area contributed by atoms with E-state index in [9.17, 15) is 0 Å². The molecule has 1 aliphatic heterocycles. The largest absolute Gasteiger partial charge is 0.461 e. The molecule has 4 rings (SSSR count). The molecule has 3 aromatic rings. The lowest BCUT2D eigenvalue weighted by Gasteiger charge is -2.23. The maximum absolute atomic E-state index is 6.01. The van der Waals surface area contributed by atoms with Crippen LogP contribution in [-0.2, 0) is 0 Å². The van der Waals surface area contributed by atoms with Gasteiger partial charge in [-0.1, -0.05) is 0 Å². The highest BCUT2D eigenvalue weighted by molar-refractivity contribution is 5.98. The molecule has 0 atom stereocenters. The Morgan fingerprint density at radius 3 is 2.55 bits per heavy atom. The van der Waals surface area contributed by atoms with Gasteiger partial charge in [0, 0.05) is 16.3 Å². The summed E-state index contributed by atoms with van der Waals surface area (Å²) in [6, 6.07) is 6.37. The van der Waals surface area contributed by atoms with Crippen LogP contribution in [0.2, 0.25) is 0 Å². The van der Waals surface area contributed by atoms with Crippen molar-refractivity contribution < 1.29 is 8.83 Å². The van der Waals surface area contributed by atoms with Crippen LogP contribution in [0, 0.1) is 13.8 Å². The van der Waals surface area contributed by atoms with Gasteiger partial charge in [0.25, 0.3) is 0 Å². The van der Waals surface area contributed by atoms with Crippen LogP contribution in [0.25, 0.3) is 21.9 Å². The average molecular weight is 269 g/mol. The van der Waals surface area contributed by atoms with E-state index in [1.165, 1.54) is 10.9 Å². The highest BCUT2D eigenvalue weighted by Crippen LogP contribution is 2.39. The molecule has 0 saturated carbocycles. The lowest BCUT2D eigenvalue weighted by molar-refractivity contribution is 0.458. The first-order valence-corrected chi connectivity index (χ1v) is 7.36. The fourth-order valence-corrected chi connectivity index (χ4v) is 3.48. The van der Waals surface area contributed by atoms with Gasteiger partial charge in [-0.25, -0.2) is 0 Å². The molecule has 1 saturated heterocycles. The molecule has 1 fully saturated rings. The summed E-state index contributed by atoms with van der Waals surface area (Å²) in [6.07, 6.45) is 2.33. The molecule has 0 spiro atoms. The lowest BCUT2D eigenvalue weighted by atomic mass is 9.87. The number of hydrogen-bond donors (Lipinski definition) is 1. The number of nitrogens with one attached hydrogen (secondary N) is 1. The number of benzene rings is 1. The molecule has 0 radical (unpaired) electrons. The number of hydrogen-bond acceptors (Lipinski definition) is 3. The van der Waals surface area contributed by atoms with Crippen LogP contribution in [0.15, 0.2) is 27.0 Å². The molecule has 1 N–H and O–H groups in total. The van der Waals surface area contributed by atoms with E-state index in [1.54, 1.807) is 0 Å². The molecule has 3 nitrogen and oxygen atoms in total. The van der Waals surface area contributed by atoms with Crippen molar-refractivity contribution in [2.75, 3.05) is 13.1 Å². The van der Waals surface area contributed by atoms with Crippen molar-refractivity contribution in [1.29, 1.82) is 0 Å². The van der Waals surface area contributed by atoms with Crippen LogP contribution in [0.1, 0.15) is 35.8 Å². The smallest absolute Gasteiger partial charge is 0.138 e. The van der Waals surface area contributed by atoms with Gasteiger partial charge in [-0.2, -0.15) is 0 Å².